The molecule has 0 radical (unpaired) electrons. The maximum Gasteiger partial charge on any atom is 0.138 e. The van der Waals surface area contributed by atoms with Gasteiger partial charge in [0, 0.05) is 17.3 Å². The van der Waals surface area contributed by atoms with E-state index in [2.05, 4.69) is 20.8 Å². The lowest BCUT2D eigenvalue weighted by Crippen LogP contribution is -2.39. The maximum atomic E-state index is 8.38. The van der Waals surface area contributed by atoms with E-state index in [0.717, 1.165) is 11.1 Å². The molecule has 2 heterocycles. The van der Waals surface area contributed by atoms with Gasteiger partial charge in [-0.3, -0.25) is 0 Å². The predicted molar refractivity (Wildman–Crippen MR) is 49.8 cm³/mol. The van der Waals surface area contributed by atoms with Gasteiger partial charge in [0.05, 0.1) is 12.6 Å². The number of hydrogen-bond donors (Lipinski definition) is 3. The van der Waals surface area contributed by atoms with Gasteiger partial charge in [-0.1, -0.05) is 16.8 Å². The monoisotopic (exact) mass is 198 g/mol. The van der Waals surface area contributed by atoms with E-state index in [1.807, 2.05) is 0 Å². The zero-order chi connectivity index (χ0) is 9.26. The fourth-order valence-electron chi connectivity index (χ4n) is 1.28. The molecule has 0 bridgehead atoms. The molecule has 68 valence electrons. The van der Waals surface area contributed by atoms with Crippen molar-refractivity contribution in [3.05, 3.63) is 22.5 Å². The van der Waals surface area contributed by atoms with Gasteiger partial charge in [-0.05, 0) is 0 Å². The van der Waals surface area contributed by atoms with Gasteiger partial charge in [-0.2, -0.15) is 0 Å². The summed E-state index contributed by atoms with van der Waals surface area (Å²) in [6.45, 7) is 0. The van der Waals surface area contributed by atoms with E-state index in [1.165, 1.54) is 12.6 Å². The van der Waals surface area contributed by atoms with Crippen LogP contribution in [0.25, 0.3) is 0 Å². The van der Waals surface area contributed by atoms with Crippen LogP contribution in [-0.2, 0) is 0 Å². The summed E-state index contributed by atoms with van der Waals surface area (Å²) in [6, 6.07) is 0. The third-order valence-corrected chi connectivity index (χ3v) is 2.14. The van der Waals surface area contributed by atoms with Crippen LogP contribution in [0, 0.1) is 0 Å². The van der Waals surface area contributed by atoms with Crippen LogP contribution in [-0.4, -0.2) is 23.9 Å². The van der Waals surface area contributed by atoms with E-state index in [0.29, 0.717) is 5.16 Å². The molecule has 0 aromatic heterocycles. The van der Waals surface area contributed by atoms with Crippen LogP contribution in [0.2, 0.25) is 0 Å². The summed E-state index contributed by atoms with van der Waals surface area (Å²) in [5.74, 6) is 0. The van der Waals surface area contributed by atoms with Crippen molar-refractivity contribution in [1.29, 1.82) is 0 Å². The van der Waals surface area contributed by atoms with Crippen LogP contribution < -0.4 is 10.6 Å². The normalized spacial score (nSPS) is 25.6. The highest BCUT2D eigenvalue weighted by atomic mass is 35.5. The van der Waals surface area contributed by atoms with Crippen LogP contribution in [0.5, 0.6) is 0 Å². The first-order valence-electron chi connectivity index (χ1n) is 3.65. The van der Waals surface area contributed by atoms with Gasteiger partial charge in [-0.15, -0.1) is 0 Å². The topological polar surface area (TPSA) is 69.0 Å². The van der Waals surface area contributed by atoms with Crippen molar-refractivity contribution in [3.8, 4) is 0 Å². The number of aliphatic imine (C=N–C) groups is 1. The Hall–Kier alpha value is -1.49. The largest absolute Gasteiger partial charge is 0.411 e. The Morgan fingerprint density at radius 2 is 2.46 bits per heavy atom. The number of hydrogen-bond acceptors (Lipinski definition) is 5. The number of rotatable bonds is 1. The quantitative estimate of drug-likeness (QED) is 0.246. The molecule has 3 N–H and O–H groups in total. The fraction of sp³-hybridized carbons (Fsp3) is 0.143. The van der Waals surface area contributed by atoms with Crippen molar-refractivity contribution in [3.63, 3.8) is 0 Å². The summed E-state index contributed by atoms with van der Waals surface area (Å²) in [5.41, 5.74) is 1.52. The van der Waals surface area contributed by atoms with Gasteiger partial charge in [-0.25, -0.2) is 4.99 Å². The number of nitrogens with zero attached hydrogens (tertiary/aromatic N) is 2. The fourth-order valence-corrected chi connectivity index (χ4v) is 1.54. The van der Waals surface area contributed by atoms with E-state index in [1.54, 1.807) is 6.20 Å². The van der Waals surface area contributed by atoms with Crippen LogP contribution in [0.15, 0.2) is 32.7 Å². The second-order valence-corrected chi connectivity index (χ2v) is 2.93. The number of oxime groups is 1. The summed E-state index contributed by atoms with van der Waals surface area (Å²) >= 11 is 5.87. The molecule has 0 aliphatic carbocycles. The van der Waals surface area contributed by atoms with Crippen LogP contribution in [0.1, 0.15) is 0 Å². The highest BCUT2D eigenvalue weighted by Gasteiger charge is 2.26. The standard InChI is InChI=1S/C7H7ClN4O/c8-6-5-4(2-12-13)1-9-7(5)11-3-10-6/h1-3,7,9,13H,(H,10,11)/b12-2-. The molecule has 2 aliphatic heterocycles. The first-order valence-corrected chi connectivity index (χ1v) is 4.03. The predicted octanol–water partition coefficient (Wildman–Crippen LogP) is 0.341. The molecule has 5 nitrogen and oxygen atoms in total. The number of fused-ring (bicyclic) bond motifs is 1. The molecule has 0 aromatic carbocycles. The molecule has 0 saturated carbocycles. The van der Waals surface area contributed by atoms with Gasteiger partial charge < -0.3 is 15.8 Å². The molecule has 0 amide bonds. The van der Waals surface area contributed by atoms with E-state index in [-0.39, 0.29) is 6.17 Å². The molecule has 1 atom stereocenters. The first-order chi connectivity index (χ1) is 6.33. The summed E-state index contributed by atoms with van der Waals surface area (Å²) in [5, 5.41) is 17.7. The van der Waals surface area contributed by atoms with Crippen molar-refractivity contribution in [1.82, 2.24) is 10.6 Å². The molecule has 13 heavy (non-hydrogen) atoms. The van der Waals surface area contributed by atoms with Crippen molar-refractivity contribution < 1.29 is 5.21 Å². The summed E-state index contributed by atoms with van der Waals surface area (Å²) < 4.78 is 0. The van der Waals surface area contributed by atoms with E-state index in [4.69, 9.17) is 16.8 Å². The molecule has 2 aliphatic rings. The summed E-state index contributed by atoms with van der Waals surface area (Å²) in [4.78, 5) is 3.89. The van der Waals surface area contributed by atoms with Crippen LogP contribution in [0.3, 0.4) is 0 Å². The minimum absolute atomic E-state index is 0.0713. The number of nitrogens with one attached hydrogen (secondary N) is 2. The Kier molecular flexibility index (Phi) is 1.94. The average molecular weight is 199 g/mol. The molecule has 0 aromatic rings. The van der Waals surface area contributed by atoms with E-state index in [9.17, 15) is 0 Å². The second kappa shape index (κ2) is 3.10. The maximum absolute atomic E-state index is 8.38. The highest BCUT2D eigenvalue weighted by Crippen LogP contribution is 2.25. The zero-order valence-corrected chi connectivity index (χ0v) is 7.28. The molecular weight excluding hydrogens is 192 g/mol. The Bertz CT molecular complexity index is 344. The Morgan fingerprint density at radius 1 is 1.62 bits per heavy atom. The van der Waals surface area contributed by atoms with Gasteiger partial charge in [0.15, 0.2) is 0 Å². The Balaban J connectivity index is 2.38. The summed E-state index contributed by atoms with van der Waals surface area (Å²) in [6.07, 6.45) is 4.48. The van der Waals surface area contributed by atoms with Gasteiger partial charge in [0.25, 0.3) is 0 Å². The molecular formula is C7H7ClN4O. The average Bonchev–Trinajstić information content (AvgIpc) is 2.51. The van der Waals surface area contributed by atoms with Crippen molar-refractivity contribution >= 4 is 24.2 Å². The highest BCUT2D eigenvalue weighted by molar-refractivity contribution is 6.31. The van der Waals surface area contributed by atoms with Crippen molar-refractivity contribution in [2.24, 2.45) is 10.1 Å². The van der Waals surface area contributed by atoms with Crippen LogP contribution in [0.4, 0.5) is 0 Å². The lowest BCUT2D eigenvalue weighted by molar-refractivity contribution is 0.322. The SMILES string of the molecule is O/N=C\C1=CNC2NC=NC(Cl)=C12. The zero-order valence-electron chi connectivity index (χ0n) is 6.53. The van der Waals surface area contributed by atoms with E-state index < -0.39 is 0 Å². The third kappa shape index (κ3) is 1.27. The lowest BCUT2D eigenvalue weighted by Gasteiger charge is -2.17. The molecule has 6 heteroatoms. The molecule has 0 saturated heterocycles. The van der Waals surface area contributed by atoms with Gasteiger partial charge >= 0.3 is 0 Å². The van der Waals surface area contributed by atoms with E-state index >= 15 is 0 Å². The molecule has 0 spiro atoms. The van der Waals surface area contributed by atoms with Crippen LogP contribution >= 0.6 is 11.6 Å². The third-order valence-electron chi connectivity index (χ3n) is 1.84. The van der Waals surface area contributed by atoms with Crippen molar-refractivity contribution in [2.45, 2.75) is 6.17 Å². The minimum Gasteiger partial charge on any atom is -0.411 e. The minimum atomic E-state index is -0.0713. The first kappa shape index (κ1) is 8.12. The van der Waals surface area contributed by atoms with Gasteiger partial charge in [0.1, 0.15) is 11.3 Å². The lowest BCUT2D eigenvalue weighted by atomic mass is 10.1. The Labute approximate surface area is 79.5 Å². The summed E-state index contributed by atoms with van der Waals surface area (Å²) in [7, 11) is 0. The molecule has 1 unspecified atom stereocenters. The van der Waals surface area contributed by atoms with Gasteiger partial charge in [0.2, 0.25) is 0 Å². The smallest absolute Gasteiger partial charge is 0.138 e. The van der Waals surface area contributed by atoms with Crippen molar-refractivity contribution in [2.75, 3.05) is 0 Å². The second-order valence-electron chi connectivity index (χ2n) is 2.57. The number of halogens is 1. The molecule has 2 rings (SSSR count). The molecule has 0 fully saturated rings. The Morgan fingerprint density at radius 3 is 3.23 bits per heavy atom.